The highest BCUT2D eigenvalue weighted by atomic mass is 16.2. The van der Waals surface area contributed by atoms with Gasteiger partial charge in [0.1, 0.15) is 11.4 Å². The third-order valence-corrected chi connectivity index (χ3v) is 3.89. The van der Waals surface area contributed by atoms with Crippen LogP contribution in [-0.4, -0.2) is 28.9 Å². The second-order valence-electron chi connectivity index (χ2n) is 5.65. The van der Waals surface area contributed by atoms with Gasteiger partial charge >= 0.3 is 0 Å². The Balaban J connectivity index is 2.02. The number of nitrogens with zero attached hydrogens (tertiary/aromatic N) is 1. The average molecular weight is 289 g/mol. The molecule has 1 heterocycles. The van der Waals surface area contributed by atoms with E-state index >= 15 is 0 Å². The van der Waals surface area contributed by atoms with Crippen LogP contribution in [-0.2, 0) is 0 Å². The van der Waals surface area contributed by atoms with Crippen molar-refractivity contribution in [3.63, 3.8) is 0 Å². The van der Waals surface area contributed by atoms with Crippen LogP contribution in [0.3, 0.4) is 0 Å². The number of nitrogens with one attached hydrogen (secondary N) is 2. The number of amides is 2. The molecule has 1 fully saturated rings. The normalized spacial score (nSPS) is 16.5. The summed E-state index contributed by atoms with van der Waals surface area (Å²) in [5, 5.41) is 5.83. The van der Waals surface area contributed by atoms with Gasteiger partial charge < -0.3 is 10.6 Å². The van der Waals surface area contributed by atoms with Crippen molar-refractivity contribution in [2.45, 2.75) is 58.0 Å². The van der Waals surface area contributed by atoms with Gasteiger partial charge in [-0.05, 0) is 38.3 Å². The number of carbonyl (C=O) groups excluding carboxylic acids is 2. The largest absolute Gasteiger partial charge is 0.348 e. The van der Waals surface area contributed by atoms with Crippen molar-refractivity contribution >= 4 is 11.8 Å². The highest BCUT2D eigenvalue weighted by Crippen LogP contribution is 2.18. The van der Waals surface area contributed by atoms with Crippen LogP contribution < -0.4 is 10.6 Å². The van der Waals surface area contributed by atoms with Gasteiger partial charge in [0, 0.05) is 12.1 Å². The molecular formula is C16H23N3O2. The Morgan fingerprint density at radius 1 is 1.24 bits per heavy atom. The van der Waals surface area contributed by atoms with E-state index in [-0.39, 0.29) is 29.6 Å². The lowest BCUT2D eigenvalue weighted by atomic mass is 10.2. The third kappa shape index (κ3) is 4.28. The van der Waals surface area contributed by atoms with Gasteiger partial charge in [0.2, 0.25) is 0 Å². The molecule has 0 spiro atoms. The number of hydrogen-bond acceptors (Lipinski definition) is 3. The molecule has 5 nitrogen and oxygen atoms in total. The van der Waals surface area contributed by atoms with E-state index in [0.717, 1.165) is 32.1 Å². The predicted octanol–water partition coefficient (Wildman–Crippen LogP) is 2.28. The van der Waals surface area contributed by atoms with Crippen molar-refractivity contribution < 1.29 is 9.59 Å². The summed E-state index contributed by atoms with van der Waals surface area (Å²) in [5.41, 5.74) is 0.591. The van der Waals surface area contributed by atoms with Gasteiger partial charge in [-0.2, -0.15) is 0 Å². The zero-order valence-electron chi connectivity index (χ0n) is 12.7. The number of pyridine rings is 1. The van der Waals surface area contributed by atoms with Crippen LogP contribution in [0.2, 0.25) is 0 Å². The summed E-state index contributed by atoms with van der Waals surface area (Å²) < 4.78 is 0. The van der Waals surface area contributed by atoms with E-state index in [4.69, 9.17) is 0 Å². The minimum absolute atomic E-state index is 0.0928. The highest BCUT2D eigenvalue weighted by Gasteiger charge is 2.19. The lowest BCUT2D eigenvalue weighted by Crippen LogP contribution is -2.35. The van der Waals surface area contributed by atoms with Crippen LogP contribution in [0.15, 0.2) is 18.2 Å². The van der Waals surface area contributed by atoms with Crippen LogP contribution >= 0.6 is 0 Å². The molecule has 1 atom stereocenters. The Hall–Kier alpha value is -1.91. The molecule has 21 heavy (non-hydrogen) atoms. The van der Waals surface area contributed by atoms with E-state index in [0.29, 0.717) is 5.69 Å². The van der Waals surface area contributed by atoms with Crippen molar-refractivity contribution in [2.24, 2.45) is 0 Å². The molecule has 114 valence electrons. The number of carbonyl (C=O) groups is 2. The van der Waals surface area contributed by atoms with E-state index in [1.165, 1.54) is 0 Å². The maximum Gasteiger partial charge on any atom is 0.270 e. The highest BCUT2D eigenvalue weighted by molar-refractivity contribution is 5.96. The van der Waals surface area contributed by atoms with E-state index in [1.54, 1.807) is 18.2 Å². The van der Waals surface area contributed by atoms with Crippen LogP contribution in [0.4, 0.5) is 0 Å². The number of rotatable bonds is 5. The predicted molar refractivity (Wildman–Crippen MR) is 81.2 cm³/mol. The summed E-state index contributed by atoms with van der Waals surface area (Å²) in [4.78, 5) is 28.4. The monoisotopic (exact) mass is 289 g/mol. The maximum atomic E-state index is 12.1. The van der Waals surface area contributed by atoms with Gasteiger partial charge in [0.25, 0.3) is 11.8 Å². The first-order chi connectivity index (χ1) is 10.1. The molecule has 0 saturated heterocycles. The van der Waals surface area contributed by atoms with Crippen LogP contribution in [0.1, 0.15) is 66.9 Å². The quantitative estimate of drug-likeness (QED) is 0.873. The first-order valence-electron chi connectivity index (χ1n) is 7.69. The SMILES string of the molecule is CCC(C)NC(=O)c1cccc(C(=O)NC2CCCC2)n1. The molecule has 1 unspecified atom stereocenters. The maximum absolute atomic E-state index is 12.1. The molecule has 2 N–H and O–H groups in total. The Morgan fingerprint density at radius 2 is 1.86 bits per heavy atom. The molecule has 1 aliphatic carbocycles. The van der Waals surface area contributed by atoms with Crippen LogP contribution in [0.5, 0.6) is 0 Å². The average Bonchev–Trinajstić information content (AvgIpc) is 3.00. The Labute approximate surface area is 125 Å². The fraction of sp³-hybridized carbons (Fsp3) is 0.562. The Bertz CT molecular complexity index is 510. The lowest BCUT2D eigenvalue weighted by Gasteiger charge is -2.13. The minimum atomic E-state index is -0.236. The van der Waals surface area contributed by atoms with E-state index in [1.807, 2.05) is 13.8 Å². The molecule has 0 bridgehead atoms. The summed E-state index contributed by atoms with van der Waals surface area (Å²) >= 11 is 0. The number of aromatic nitrogens is 1. The smallest absolute Gasteiger partial charge is 0.270 e. The standard InChI is InChI=1S/C16H23N3O2/c1-3-11(2)17-15(20)13-9-6-10-14(19-13)16(21)18-12-7-4-5-8-12/h6,9-12H,3-5,7-8H2,1-2H3,(H,17,20)(H,18,21). The second-order valence-corrected chi connectivity index (χ2v) is 5.65. The van der Waals surface area contributed by atoms with Gasteiger partial charge in [0.15, 0.2) is 0 Å². The first kappa shape index (κ1) is 15.5. The van der Waals surface area contributed by atoms with Gasteiger partial charge in [-0.1, -0.05) is 25.8 Å². The van der Waals surface area contributed by atoms with E-state index in [9.17, 15) is 9.59 Å². The molecule has 1 aliphatic rings. The summed E-state index contributed by atoms with van der Waals surface area (Å²) in [6, 6.07) is 5.31. The minimum Gasteiger partial charge on any atom is -0.348 e. The fourth-order valence-corrected chi connectivity index (χ4v) is 2.42. The second kappa shape index (κ2) is 7.20. The summed E-state index contributed by atoms with van der Waals surface area (Å²) in [5.74, 6) is -0.431. The lowest BCUT2D eigenvalue weighted by molar-refractivity contribution is 0.0929. The Morgan fingerprint density at radius 3 is 2.48 bits per heavy atom. The molecule has 1 saturated carbocycles. The van der Waals surface area contributed by atoms with Crippen molar-refractivity contribution in [1.82, 2.24) is 15.6 Å². The fourth-order valence-electron chi connectivity index (χ4n) is 2.42. The first-order valence-corrected chi connectivity index (χ1v) is 7.69. The molecule has 5 heteroatoms. The zero-order chi connectivity index (χ0) is 15.2. The molecule has 1 aromatic heterocycles. The Kier molecular flexibility index (Phi) is 5.31. The van der Waals surface area contributed by atoms with Crippen LogP contribution in [0, 0.1) is 0 Å². The molecular weight excluding hydrogens is 266 g/mol. The molecule has 0 aliphatic heterocycles. The molecule has 0 aromatic carbocycles. The molecule has 0 radical (unpaired) electrons. The van der Waals surface area contributed by atoms with Gasteiger partial charge in [-0.3, -0.25) is 9.59 Å². The topological polar surface area (TPSA) is 71.1 Å². The van der Waals surface area contributed by atoms with E-state index in [2.05, 4.69) is 15.6 Å². The molecule has 1 aromatic rings. The third-order valence-electron chi connectivity index (χ3n) is 3.89. The van der Waals surface area contributed by atoms with Gasteiger partial charge in [-0.25, -0.2) is 4.98 Å². The van der Waals surface area contributed by atoms with Crippen molar-refractivity contribution in [2.75, 3.05) is 0 Å². The van der Waals surface area contributed by atoms with Crippen molar-refractivity contribution in [3.8, 4) is 0 Å². The molecule has 2 rings (SSSR count). The van der Waals surface area contributed by atoms with Crippen molar-refractivity contribution in [1.29, 1.82) is 0 Å². The van der Waals surface area contributed by atoms with Crippen LogP contribution in [0.25, 0.3) is 0 Å². The van der Waals surface area contributed by atoms with E-state index < -0.39 is 0 Å². The van der Waals surface area contributed by atoms with Gasteiger partial charge in [0.05, 0.1) is 0 Å². The summed E-state index contributed by atoms with van der Waals surface area (Å²) in [6.45, 7) is 3.94. The van der Waals surface area contributed by atoms with Crippen molar-refractivity contribution in [3.05, 3.63) is 29.6 Å². The summed E-state index contributed by atoms with van der Waals surface area (Å²) in [7, 11) is 0. The number of hydrogen-bond donors (Lipinski definition) is 2. The molecule has 2 amide bonds. The summed E-state index contributed by atoms with van der Waals surface area (Å²) in [6.07, 6.45) is 5.24. The van der Waals surface area contributed by atoms with Gasteiger partial charge in [-0.15, -0.1) is 0 Å². The zero-order valence-corrected chi connectivity index (χ0v) is 12.7.